The molecular formula is C22H20F3N5O2. The molecule has 0 unspecified atom stereocenters. The number of amides is 1. The number of rotatable bonds is 4. The number of piperidine rings is 1. The predicted molar refractivity (Wildman–Crippen MR) is 109 cm³/mol. The normalized spacial score (nSPS) is 22.4. The molecule has 1 saturated heterocycles. The number of alkyl halides is 3. The molecule has 7 nitrogen and oxygen atoms in total. The Bertz CT molecular complexity index is 1130. The van der Waals surface area contributed by atoms with E-state index in [0.29, 0.717) is 29.5 Å². The van der Waals surface area contributed by atoms with Crippen molar-refractivity contribution in [3.05, 3.63) is 59.7 Å². The van der Waals surface area contributed by atoms with Crippen LogP contribution in [0.15, 0.2) is 47.5 Å². The average Bonchev–Trinajstić information content (AvgIpc) is 3.50. The van der Waals surface area contributed by atoms with E-state index in [1.165, 1.54) is 18.5 Å². The van der Waals surface area contributed by atoms with E-state index in [1.54, 1.807) is 12.3 Å². The van der Waals surface area contributed by atoms with Crippen molar-refractivity contribution in [3.8, 4) is 11.6 Å². The number of halogens is 3. The van der Waals surface area contributed by atoms with E-state index < -0.39 is 11.7 Å². The Labute approximate surface area is 181 Å². The molecule has 1 N–H and O–H groups in total. The summed E-state index contributed by atoms with van der Waals surface area (Å²) in [7, 11) is 0. The van der Waals surface area contributed by atoms with Crippen LogP contribution in [-0.4, -0.2) is 44.4 Å². The molecule has 1 saturated carbocycles. The number of likely N-dealkylation sites (tertiary alicyclic amines) is 1. The van der Waals surface area contributed by atoms with E-state index in [1.807, 2.05) is 11.8 Å². The number of carbonyl (C=O) groups excluding carboxylic acids is 1. The molecular weight excluding hydrogens is 423 g/mol. The minimum atomic E-state index is -4.43. The molecule has 1 aliphatic carbocycles. The number of nitrogens with zero attached hydrogens (tertiary/aromatic N) is 4. The lowest BCUT2D eigenvalue weighted by Gasteiger charge is -2.34. The SMILES string of the molecule is Cc1cnc(-c2ncco2)c(C(=O)N2C[C@H]3C[C@@H](Nc4ccc(C(F)(F)F)cn4)[C@@H]2C3)c1. The fraction of sp³-hybridized carbons (Fsp3) is 0.364. The first-order valence-electron chi connectivity index (χ1n) is 10.3. The van der Waals surface area contributed by atoms with Gasteiger partial charge in [0.25, 0.3) is 5.91 Å². The fourth-order valence-electron chi connectivity index (χ4n) is 4.65. The van der Waals surface area contributed by atoms with Crippen molar-refractivity contribution < 1.29 is 22.4 Å². The third-order valence-electron chi connectivity index (χ3n) is 6.06. The van der Waals surface area contributed by atoms with Crippen LogP contribution >= 0.6 is 0 Å². The Balaban J connectivity index is 1.37. The second-order valence-electron chi connectivity index (χ2n) is 8.29. The van der Waals surface area contributed by atoms with Gasteiger partial charge in [-0.05, 0) is 49.4 Å². The maximum absolute atomic E-state index is 13.5. The minimum Gasteiger partial charge on any atom is -0.443 e. The molecule has 3 aromatic rings. The number of fused-ring (bicyclic) bond motifs is 2. The summed E-state index contributed by atoms with van der Waals surface area (Å²) in [6, 6.07) is 3.93. The van der Waals surface area contributed by atoms with Crippen molar-refractivity contribution in [2.24, 2.45) is 5.92 Å². The van der Waals surface area contributed by atoms with E-state index in [9.17, 15) is 18.0 Å². The Morgan fingerprint density at radius 1 is 1.19 bits per heavy atom. The van der Waals surface area contributed by atoms with Crippen LogP contribution < -0.4 is 5.32 Å². The van der Waals surface area contributed by atoms with Gasteiger partial charge in [-0.25, -0.2) is 9.97 Å². The summed E-state index contributed by atoms with van der Waals surface area (Å²) in [5.41, 5.74) is 0.865. The third-order valence-corrected chi connectivity index (χ3v) is 6.06. The highest BCUT2D eigenvalue weighted by Gasteiger charge is 2.47. The predicted octanol–water partition coefficient (Wildman–Crippen LogP) is 4.17. The van der Waals surface area contributed by atoms with Gasteiger partial charge in [0.05, 0.1) is 23.4 Å². The molecule has 2 fully saturated rings. The second kappa shape index (κ2) is 7.61. The molecule has 1 aliphatic heterocycles. The first-order valence-corrected chi connectivity index (χ1v) is 10.3. The van der Waals surface area contributed by atoms with Gasteiger partial charge in [-0.2, -0.15) is 13.2 Å². The molecule has 2 bridgehead atoms. The van der Waals surface area contributed by atoms with Gasteiger partial charge in [0, 0.05) is 25.0 Å². The zero-order valence-corrected chi connectivity index (χ0v) is 17.1. The first-order chi connectivity index (χ1) is 15.3. The summed E-state index contributed by atoms with van der Waals surface area (Å²) in [4.78, 5) is 27.7. The molecule has 0 radical (unpaired) electrons. The fourth-order valence-corrected chi connectivity index (χ4v) is 4.65. The Morgan fingerprint density at radius 2 is 2.03 bits per heavy atom. The van der Waals surface area contributed by atoms with Gasteiger partial charge in [-0.3, -0.25) is 9.78 Å². The maximum Gasteiger partial charge on any atom is 0.417 e. The highest BCUT2D eigenvalue weighted by Crippen LogP contribution is 2.40. The standard InChI is InChI=1S/C22H20F3N5O2/c1-12-6-15(19(28-9-12)20-26-4-5-32-20)21(31)30-11-13-7-16(17(30)8-13)29-18-3-2-14(10-27-18)22(23,24)25/h2-6,9-10,13,16-17H,7-8,11H2,1H3,(H,27,29)/t13-,16+,17-/m0/s1. The van der Waals surface area contributed by atoms with Crippen LogP contribution in [-0.2, 0) is 6.18 Å². The van der Waals surface area contributed by atoms with E-state index in [-0.39, 0.29) is 23.9 Å². The van der Waals surface area contributed by atoms with Gasteiger partial charge in [0.2, 0.25) is 5.89 Å². The third kappa shape index (κ3) is 3.69. The van der Waals surface area contributed by atoms with Crippen molar-refractivity contribution in [1.29, 1.82) is 0 Å². The molecule has 5 rings (SSSR count). The molecule has 32 heavy (non-hydrogen) atoms. The second-order valence-corrected chi connectivity index (χ2v) is 8.29. The van der Waals surface area contributed by atoms with Gasteiger partial charge in [-0.15, -0.1) is 0 Å². The number of hydrogen-bond donors (Lipinski definition) is 1. The lowest BCUT2D eigenvalue weighted by molar-refractivity contribution is -0.137. The zero-order valence-electron chi connectivity index (χ0n) is 17.1. The number of aromatic nitrogens is 3. The van der Waals surface area contributed by atoms with Crippen LogP contribution in [0.4, 0.5) is 19.0 Å². The lowest BCUT2D eigenvalue weighted by atomic mass is 10.0. The Kier molecular flexibility index (Phi) is 4.87. The van der Waals surface area contributed by atoms with Crippen LogP contribution in [0.3, 0.4) is 0 Å². The lowest BCUT2D eigenvalue weighted by Crippen LogP contribution is -2.48. The molecule has 166 valence electrons. The quantitative estimate of drug-likeness (QED) is 0.652. The van der Waals surface area contributed by atoms with Crippen LogP contribution in [0.25, 0.3) is 11.6 Å². The van der Waals surface area contributed by atoms with Crippen molar-refractivity contribution in [2.75, 3.05) is 11.9 Å². The summed E-state index contributed by atoms with van der Waals surface area (Å²) in [5.74, 6) is 0.801. The van der Waals surface area contributed by atoms with Gasteiger partial charge in [0.15, 0.2) is 0 Å². The molecule has 3 aromatic heterocycles. The summed E-state index contributed by atoms with van der Waals surface area (Å²) in [5, 5.41) is 3.22. The summed E-state index contributed by atoms with van der Waals surface area (Å²) < 4.78 is 43.7. The summed E-state index contributed by atoms with van der Waals surface area (Å²) in [6.45, 7) is 2.49. The molecule has 0 aromatic carbocycles. The number of oxazole rings is 1. The summed E-state index contributed by atoms with van der Waals surface area (Å²) >= 11 is 0. The van der Waals surface area contributed by atoms with Gasteiger partial charge in [0.1, 0.15) is 17.8 Å². The van der Waals surface area contributed by atoms with Crippen LogP contribution in [0, 0.1) is 12.8 Å². The van der Waals surface area contributed by atoms with E-state index in [0.717, 1.165) is 30.7 Å². The van der Waals surface area contributed by atoms with Gasteiger partial charge < -0.3 is 14.6 Å². The van der Waals surface area contributed by atoms with E-state index in [4.69, 9.17) is 4.42 Å². The molecule has 4 heterocycles. The number of aryl methyl sites for hydroxylation is 1. The van der Waals surface area contributed by atoms with Gasteiger partial charge in [-0.1, -0.05) is 0 Å². The Hall–Kier alpha value is -3.43. The van der Waals surface area contributed by atoms with E-state index in [2.05, 4.69) is 20.3 Å². The number of carbonyl (C=O) groups is 1. The highest BCUT2D eigenvalue weighted by molar-refractivity contribution is 5.99. The van der Waals surface area contributed by atoms with Crippen molar-refractivity contribution in [1.82, 2.24) is 19.9 Å². The van der Waals surface area contributed by atoms with E-state index >= 15 is 0 Å². The molecule has 3 atom stereocenters. The Morgan fingerprint density at radius 3 is 2.69 bits per heavy atom. The van der Waals surface area contributed by atoms with Crippen LogP contribution in [0.1, 0.15) is 34.3 Å². The van der Waals surface area contributed by atoms with Crippen molar-refractivity contribution >= 4 is 11.7 Å². The number of pyridine rings is 2. The molecule has 1 amide bonds. The number of hydrogen-bond acceptors (Lipinski definition) is 6. The first kappa shape index (κ1) is 20.5. The van der Waals surface area contributed by atoms with Crippen molar-refractivity contribution in [2.45, 2.75) is 38.0 Å². The van der Waals surface area contributed by atoms with Crippen LogP contribution in [0.2, 0.25) is 0 Å². The molecule has 2 aliphatic rings. The smallest absolute Gasteiger partial charge is 0.417 e. The van der Waals surface area contributed by atoms with Crippen molar-refractivity contribution in [3.63, 3.8) is 0 Å². The largest absolute Gasteiger partial charge is 0.443 e. The topological polar surface area (TPSA) is 84.2 Å². The number of nitrogens with one attached hydrogen (secondary N) is 1. The monoisotopic (exact) mass is 443 g/mol. The minimum absolute atomic E-state index is 0.0884. The summed E-state index contributed by atoms with van der Waals surface area (Å²) in [6.07, 6.45) is 2.64. The van der Waals surface area contributed by atoms with Crippen LogP contribution in [0.5, 0.6) is 0 Å². The highest BCUT2D eigenvalue weighted by atomic mass is 19.4. The number of anilines is 1. The van der Waals surface area contributed by atoms with Gasteiger partial charge >= 0.3 is 6.18 Å². The molecule has 10 heteroatoms. The average molecular weight is 443 g/mol. The molecule has 0 spiro atoms. The maximum atomic E-state index is 13.5. The zero-order chi connectivity index (χ0) is 22.5.